The molecule has 0 bridgehead atoms. The smallest absolute Gasteiger partial charge is 0.338 e. The van der Waals surface area contributed by atoms with E-state index in [1.807, 2.05) is 5.32 Å². The van der Waals surface area contributed by atoms with Crippen LogP contribution in [0.1, 0.15) is 24.2 Å². The number of urea groups is 1. The predicted molar refractivity (Wildman–Crippen MR) is 106 cm³/mol. The number of hydrogen-bond donors (Lipinski definition) is 3. The van der Waals surface area contributed by atoms with Crippen molar-refractivity contribution < 1.29 is 31.9 Å². The highest BCUT2D eigenvalue weighted by atomic mass is 32.2. The molecule has 0 aliphatic rings. The van der Waals surface area contributed by atoms with Gasteiger partial charge in [0.2, 0.25) is 0 Å². The van der Waals surface area contributed by atoms with Gasteiger partial charge in [0.25, 0.3) is 15.9 Å². The topological polar surface area (TPSA) is 131 Å². The summed E-state index contributed by atoms with van der Waals surface area (Å²) in [5, 5.41) is 4.36. The van der Waals surface area contributed by atoms with E-state index in [0.29, 0.717) is 6.54 Å². The third-order valence-electron chi connectivity index (χ3n) is 3.70. The van der Waals surface area contributed by atoms with E-state index in [9.17, 15) is 27.2 Å². The zero-order valence-corrected chi connectivity index (χ0v) is 17.0. The summed E-state index contributed by atoms with van der Waals surface area (Å²) in [6.07, 6.45) is -1.29. The summed E-state index contributed by atoms with van der Waals surface area (Å²) in [6, 6.07) is 8.93. The van der Waals surface area contributed by atoms with Gasteiger partial charge in [-0.1, -0.05) is 6.07 Å². The maximum atomic E-state index is 13.0. The van der Waals surface area contributed by atoms with Gasteiger partial charge < -0.3 is 10.1 Å². The van der Waals surface area contributed by atoms with Gasteiger partial charge in [0.05, 0.1) is 10.5 Å². The van der Waals surface area contributed by atoms with E-state index in [-0.39, 0.29) is 16.1 Å². The summed E-state index contributed by atoms with van der Waals surface area (Å²) in [5.41, 5.74) is 0.0228. The van der Waals surface area contributed by atoms with Crippen molar-refractivity contribution in [2.75, 3.05) is 11.3 Å². The normalized spacial score (nSPS) is 11.8. The van der Waals surface area contributed by atoms with Crippen LogP contribution in [0.5, 0.6) is 0 Å². The van der Waals surface area contributed by atoms with E-state index < -0.39 is 39.9 Å². The van der Waals surface area contributed by atoms with E-state index >= 15 is 0 Å². The molecule has 2 rings (SSSR count). The van der Waals surface area contributed by atoms with Gasteiger partial charge in [0.1, 0.15) is 5.82 Å². The SMILES string of the molecule is CCNC(=O)NC(=O)C(C)OC(=O)c1cccc(S(=O)(=O)Nc2ccc(F)cc2)c1. The second kappa shape index (κ2) is 9.83. The van der Waals surface area contributed by atoms with Gasteiger partial charge in [-0.25, -0.2) is 22.4 Å². The van der Waals surface area contributed by atoms with E-state index in [1.165, 1.54) is 37.3 Å². The summed E-state index contributed by atoms with van der Waals surface area (Å²) in [4.78, 5) is 35.3. The number of ether oxygens (including phenoxy) is 1. The summed E-state index contributed by atoms with van der Waals surface area (Å²) < 4.78 is 45.2. The maximum absolute atomic E-state index is 13.0. The first kappa shape index (κ1) is 22.8. The number of esters is 1. The monoisotopic (exact) mass is 437 g/mol. The fourth-order valence-electron chi connectivity index (χ4n) is 2.22. The second-order valence-electron chi connectivity index (χ2n) is 6.04. The Bertz CT molecular complexity index is 1040. The van der Waals surface area contributed by atoms with Crippen molar-refractivity contribution in [2.45, 2.75) is 24.8 Å². The predicted octanol–water partition coefficient (Wildman–Crippen LogP) is 2.02. The van der Waals surface area contributed by atoms with Crippen molar-refractivity contribution >= 4 is 33.6 Å². The lowest BCUT2D eigenvalue weighted by Gasteiger charge is -2.14. The van der Waals surface area contributed by atoms with E-state index in [0.717, 1.165) is 18.2 Å². The molecule has 160 valence electrons. The summed E-state index contributed by atoms with van der Waals surface area (Å²) >= 11 is 0. The van der Waals surface area contributed by atoms with Crippen LogP contribution in [-0.4, -0.2) is 39.0 Å². The molecule has 11 heteroatoms. The average Bonchev–Trinajstić information content (AvgIpc) is 2.69. The molecule has 0 aromatic heterocycles. The van der Waals surface area contributed by atoms with Crippen LogP contribution in [-0.2, 0) is 19.6 Å². The van der Waals surface area contributed by atoms with Crippen LogP contribution in [0.3, 0.4) is 0 Å². The van der Waals surface area contributed by atoms with Crippen LogP contribution in [0, 0.1) is 5.82 Å². The minimum Gasteiger partial charge on any atom is -0.449 e. The first-order valence-electron chi connectivity index (χ1n) is 8.80. The average molecular weight is 437 g/mol. The van der Waals surface area contributed by atoms with Gasteiger partial charge in [0.15, 0.2) is 6.10 Å². The number of hydrogen-bond acceptors (Lipinski definition) is 6. The largest absolute Gasteiger partial charge is 0.449 e. The Morgan fingerprint density at radius 1 is 1.10 bits per heavy atom. The molecule has 0 saturated heterocycles. The molecule has 9 nitrogen and oxygen atoms in total. The molecular weight excluding hydrogens is 417 g/mol. The molecule has 30 heavy (non-hydrogen) atoms. The van der Waals surface area contributed by atoms with Crippen molar-refractivity contribution in [1.82, 2.24) is 10.6 Å². The number of sulfonamides is 1. The van der Waals surface area contributed by atoms with Gasteiger partial charge in [-0.2, -0.15) is 0 Å². The van der Waals surface area contributed by atoms with Crippen LogP contribution < -0.4 is 15.4 Å². The Hall–Kier alpha value is -3.47. The molecule has 1 unspecified atom stereocenters. The Labute approximate surface area is 172 Å². The lowest BCUT2D eigenvalue weighted by atomic mass is 10.2. The Kier molecular flexibility index (Phi) is 7.48. The highest BCUT2D eigenvalue weighted by molar-refractivity contribution is 7.92. The van der Waals surface area contributed by atoms with Gasteiger partial charge in [-0.15, -0.1) is 0 Å². The fraction of sp³-hybridized carbons (Fsp3) is 0.211. The number of imide groups is 1. The summed E-state index contributed by atoms with van der Waals surface area (Å²) in [6.45, 7) is 3.24. The minimum atomic E-state index is -4.06. The van der Waals surface area contributed by atoms with Crippen LogP contribution >= 0.6 is 0 Å². The quantitative estimate of drug-likeness (QED) is 0.568. The Balaban J connectivity index is 2.10. The van der Waals surface area contributed by atoms with Gasteiger partial charge in [-0.05, 0) is 56.3 Å². The van der Waals surface area contributed by atoms with Gasteiger partial charge in [0, 0.05) is 12.2 Å². The number of anilines is 1. The third-order valence-corrected chi connectivity index (χ3v) is 5.08. The number of benzene rings is 2. The standard InChI is InChI=1S/C19H20FN3O6S/c1-3-21-19(26)22-17(24)12(2)29-18(25)13-5-4-6-16(11-13)30(27,28)23-15-9-7-14(20)8-10-15/h4-12,23H,3H2,1-2H3,(H2,21,22,24,26). The summed E-state index contributed by atoms with van der Waals surface area (Å²) in [7, 11) is -4.06. The van der Waals surface area contributed by atoms with Crippen molar-refractivity contribution in [1.29, 1.82) is 0 Å². The lowest BCUT2D eigenvalue weighted by Crippen LogP contribution is -2.44. The first-order chi connectivity index (χ1) is 14.1. The molecule has 2 aromatic carbocycles. The van der Waals surface area contributed by atoms with Crippen molar-refractivity contribution in [2.24, 2.45) is 0 Å². The minimum absolute atomic E-state index is 0.116. The molecule has 2 aromatic rings. The first-order valence-corrected chi connectivity index (χ1v) is 10.3. The van der Waals surface area contributed by atoms with E-state index in [4.69, 9.17) is 4.74 Å². The number of carbonyl (C=O) groups excluding carboxylic acids is 3. The van der Waals surface area contributed by atoms with E-state index in [2.05, 4.69) is 10.0 Å². The molecule has 0 aliphatic heterocycles. The zero-order valence-electron chi connectivity index (χ0n) is 16.1. The lowest BCUT2D eigenvalue weighted by molar-refractivity contribution is -0.127. The molecule has 3 amide bonds. The number of carbonyl (C=O) groups is 3. The van der Waals surface area contributed by atoms with E-state index in [1.54, 1.807) is 6.92 Å². The van der Waals surface area contributed by atoms with Crippen LogP contribution in [0.15, 0.2) is 53.4 Å². The highest BCUT2D eigenvalue weighted by Crippen LogP contribution is 2.18. The second-order valence-corrected chi connectivity index (χ2v) is 7.72. The fourth-order valence-corrected chi connectivity index (χ4v) is 3.33. The molecule has 0 aliphatic carbocycles. The van der Waals surface area contributed by atoms with Crippen LogP contribution in [0.4, 0.5) is 14.9 Å². The van der Waals surface area contributed by atoms with Crippen molar-refractivity contribution in [3.8, 4) is 0 Å². The summed E-state index contributed by atoms with van der Waals surface area (Å²) in [5.74, 6) is -2.31. The highest BCUT2D eigenvalue weighted by Gasteiger charge is 2.22. The van der Waals surface area contributed by atoms with Crippen molar-refractivity contribution in [3.63, 3.8) is 0 Å². The van der Waals surface area contributed by atoms with Crippen molar-refractivity contribution in [3.05, 3.63) is 59.9 Å². The molecule has 0 saturated carbocycles. The Morgan fingerprint density at radius 3 is 2.40 bits per heavy atom. The zero-order chi connectivity index (χ0) is 22.3. The van der Waals surface area contributed by atoms with Gasteiger partial charge >= 0.3 is 12.0 Å². The molecule has 3 N–H and O–H groups in total. The van der Waals surface area contributed by atoms with Gasteiger partial charge in [-0.3, -0.25) is 14.8 Å². The molecule has 0 heterocycles. The number of nitrogens with one attached hydrogen (secondary N) is 3. The van der Waals surface area contributed by atoms with Crippen LogP contribution in [0.2, 0.25) is 0 Å². The number of rotatable bonds is 7. The number of halogens is 1. The molecule has 0 radical (unpaired) electrons. The molecule has 0 spiro atoms. The third kappa shape index (κ3) is 6.27. The maximum Gasteiger partial charge on any atom is 0.338 e. The number of amides is 3. The van der Waals surface area contributed by atoms with Crippen LogP contribution in [0.25, 0.3) is 0 Å². The molecule has 0 fully saturated rings. The molecular formula is C19H20FN3O6S. The molecule has 1 atom stereocenters. The Morgan fingerprint density at radius 2 is 1.77 bits per heavy atom.